The van der Waals surface area contributed by atoms with Gasteiger partial charge >= 0.3 is 12.1 Å². The Labute approximate surface area is 261 Å². The fraction of sp³-hybridized carbons (Fsp3) is 0.424. The van der Waals surface area contributed by atoms with E-state index in [0.29, 0.717) is 30.8 Å². The highest BCUT2D eigenvalue weighted by Crippen LogP contribution is 2.30. The number of hydrogen-bond donors (Lipinski definition) is 1. The van der Waals surface area contributed by atoms with Gasteiger partial charge in [-0.05, 0) is 30.5 Å². The van der Waals surface area contributed by atoms with Crippen molar-refractivity contribution in [1.29, 1.82) is 0 Å². The van der Waals surface area contributed by atoms with Crippen LogP contribution in [-0.2, 0) is 42.9 Å². The van der Waals surface area contributed by atoms with Gasteiger partial charge in [-0.25, -0.2) is 9.69 Å². The molecule has 45 heavy (non-hydrogen) atoms. The molecule has 0 aromatic heterocycles. The van der Waals surface area contributed by atoms with E-state index in [-0.39, 0.29) is 44.2 Å². The van der Waals surface area contributed by atoms with Crippen LogP contribution in [0.3, 0.4) is 0 Å². The number of Topliss-reactive ketones (excluding diaryl/α,β-unsaturated/α-hetero) is 1. The third kappa shape index (κ3) is 10.1. The average Bonchev–Trinajstić information content (AvgIpc) is 3.42. The Morgan fingerprint density at radius 2 is 1.71 bits per heavy atom. The van der Waals surface area contributed by atoms with E-state index in [0.717, 1.165) is 30.6 Å². The number of cyclic esters (lactones) is 1. The molecule has 0 radical (unpaired) electrons. The molecule has 2 aromatic carbocycles. The number of ether oxygens (including phenoxy) is 5. The first kappa shape index (κ1) is 35.3. The van der Waals surface area contributed by atoms with Crippen LogP contribution in [-0.4, -0.2) is 98.5 Å². The van der Waals surface area contributed by atoms with Gasteiger partial charge in [0.15, 0.2) is 23.8 Å². The van der Waals surface area contributed by atoms with Crippen molar-refractivity contribution in [3.8, 4) is 0 Å². The Balaban J connectivity index is 1.87. The SMILES string of the molecule is CO[C@H](C(=O)N1C(=O)OC[C@@H]1c1ccccc1)[C@H](OC(C)=O)C(=O)C=C(C(=O)CCCOCCOCCO)c1cccc(C)c1. The van der Waals surface area contributed by atoms with Crippen molar-refractivity contribution >= 4 is 35.1 Å². The second kappa shape index (κ2) is 17.9. The lowest BCUT2D eigenvalue weighted by Crippen LogP contribution is -2.51. The number of hydrogen-bond acceptors (Lipinski definition) is 11. The Morgan fingerprint density at radius 3 is 2.36 bits per heavy atom. The number of carbonyl (C=O) groups excluding carboxylic acids is 5. The first-order valence-electron chi connectivity index (χ1n) is 14.5. The monoisotopic (exact) mass is 625 g/mol. The molecule has 2 aromatic rings. The first-order chi connectivity index (χ1) is 21.7. The van der Waals surface area contributed by atoms with Crippen molar-refractivity contribution < 1.29 is 52.8 Å². The van der Waals surface area contributed by atoms with Crippen LogP contribution in [0, 0.1) is 6.92 Å². The predicted octanol–water partition coefficient (Wildman–Crippen LogP) is 2.99. The maximum absolute atomic E-state index is 13.8. The molecule has 3 atom stereocenters. The van der Waals surface area contributed by atoms with Gasteiger partial charge in [0, 0.05) is 32.6 Å². The molecule has 1 fully saturated rings. The second-order valence-electron chi connectivity index (χ2n) is 10.2. The molecule has 1 aliphatic rings. The van der Waals surface area contributed by atoms with E-state index in [1.54, 1.807) is 48.5 Å². The fourth-order valence-corrected chi connectivity index (χ4v) is 4.74. The summed E-state index contributed by atoms with van der Waals surface area (Å²) in [6, 6.07) is 14.9. The molecule has 1 N–H and O–H groups in total. The van der Waals surface area contributed by atoms with Gasteiger partial charge in [0.2, 0.25) is 0 Å². The van der Waals surface area contributed by atoms with Gasteiger partial charge in [0.05, 0.1) is 26.4 Å². The molecule has 2 amide bonds. The zero-order chi connectivity index (χ0) is 32.8. The highest BCUT2D eigenvalue weighted by Gasteiger charge is 2.46. The number of imide groups is 1. The number of aliphatic hydroxyl groups excluding tert-OH is 1. The number of benzene rings is 2. The Bertz CT molecular complexity index is 1360. The quantitative estimate of drug-likeness (QED) is 0.148. The number of aryl methyl sites for hydroxylation is 1. The topological polar surface area (TPSA) is 155 Å². The van der Waals surface area contributed by atoms with Crippen LogP contribution in [0.25, 0.3) is 5.57 Å². The standard InChI is InChI=1S/C33H39NO11/c1-22-9-7-12-25(19-22)26(28(37)13-8-15-42-17-18-43-16-14-35)20-29(38)30(45-23(2)36)31(41-3)32(39)34-27(21-44-33(34)40)24-10-5-4-6-11-24/h4-7,9-12,19-20,27,30-31,35H,8,13-18,21H2,1-3H3/t27-,30-,31+/m1/s1. The maximum atomic E-state index is 13.8. The lowest BCUT2D eigenvalue weighted by atomic mass is 9.94. The van der Waals surface area contributed by atoms with Crippen molar-refractivity contribution in [2.75, 3.05) is 46.8 Å². The predicted molar refractivity (Wildman–Crippen MR) is 161 cm³/mol. The van der Waals surface area contributed by atoms with E-state index < -0.39 is 42.0 Å². The molecule has 1 heterocycles. The van der Waals surface area contributed by atoms with Gasteiger partial charge in [0.25, 0.3) is 5.91 Å². The van der Waals surface area contributed by atoms with E-state index >= 15 is 0 Å². The van der Waals surface area contributed by atoms with E-state index in [4.69, 9.17) is 28.8 Å². The van der Waals surface area contributed by atoms with Gasteiger partial charge in [-0.3, -0.25) is 19.2 Å². The number of carbonyl (C=O) groups is 5. The Morgan fingerprint density at radius 1 is 1.00 bits per heavy atom. The summed E-state index contributed by atoms with van der Waals surface area (Å²) in [4.78, 5) is 66.6. The zero-order valence-electron chi connectivity index (χ0n) is 25.6. The van der Waals surface area contributed by atoms with Gasteiger partial charge in [-0.15, -0.1) is 0 Å². The third-order valence-corrected chi connectivity index (χ3v) is 6.86. The highest BCUT2D eigenvalue weighted by atomic mass is 16.6. The van der Waals surface area contributed by atoms with E-state index in [9.17, 15) is 24.0 Å². The molecule has 12 heteroatoms. The molecule has 0 aliphatic carbocycles. The number of esters is 1. The number of aliphatic hydroxyl groups is 1. The highest BCUT2D eigenvalue weighted by molar-refractivity contribution is 6.25. The number of methoxy groups -OCH3 is 1. The summed E-state index contributed by atoms with van der Waals surface area (Å²) in [5.41, 5.74) is 1.97. The molecule has 3 rings (SSSR count). The van der Waals surface area contributed by atoms with Crippen molar-refractivity contribution in [2.45, 2.75) is 44.9 Å². The molecule has 12 nitrogen and oxygen atoms in total. The lowest BCUT2D eigenvalue weighted by Gasteiger charge is -2.28. The van der Waals surface area contributed by atoms with Crippen LogP contribution in [0.1, 0.15) is 42.5 Å². The zero-order valence-corrected chi connectivity index (χ0v) is 25.6. The van der Waals surface area contributed by atoms with Crippen molar-refractivity contribution in [1.82, 2.24) is 4.90 Å². The van der Waals surface area contributed by atoms with E-state index in [1.165, 1.54) is 0 Å². The molecule has 1 saturated heterocycles. The number of amides is 2. The van der Waals surface area contributed by atoms with Crippen LogP contribution in [0.5, 0.6) is 0 Å². The smallest absolute Gasteiger partial charge is 0.417 e. The van der Waals surface area contributed by atoms with Gasteiger partial charge in [-0.1, -0.05) is 60.2 Å². The largest absolute Gasteiger partial charge is 0.451 e. The Hall–Kier alpha value is -4.23. The maximum Gasteiger partial charge on any atom is 0.417 e. The summed E-state index contributed by atoms with van der Waals surface area (Å²) in [6.45, 7) is 3.77. The van der Waals surface area contributed by atoms with Crippen LogP contribution in [0.15, 0.2) is 60.7 Å². The summed E-state index contributed by atoms with van der Waals surface area (Å²) in [5, 5.41) is 8.75. The minimum atomic E-state index is -1.81. The van der Waals surface area contributed by atoms with Crippen LogP contribution >= 0.6 is 0 Å². The van der Waals surface area contributed by atoms with E-state index in [1.807, 2.05) is 13.0 Å². The first-order valence-corrected chi connectivity index (χ1v) is 14.5. The number of rotatable bonds is 18. The fourth-order valence-electron chi connectivity index (χ4n) is 4.74. The van der Waals surface area contributed by atoms with Gasteiger partial charge < -0.3 is 28.8 Å². The van der Waals surface area contributed by atoms with Crippen molar-refractivity contribution in [3.63, 3.8) is 0 Å². The summed E-state index contributed by atoms with van der Waals surface area (Å²) >= 11 is 0. The van der Waals surface area contributed by atoms with Gasteiger partial charge in [0.1, 0.15) is 12.6 Å². The van der Waals surface area contributed by atoms with Crippen LogP contribution < -0.4 is 0 Å². The minimum Gasteiger partial charge on any atom is -0.451 e. The summed E-state index contributed by atoms with van der Waals surface area (Å²) in [6.07, 6.45) is -3.03. The third-order valence-electron chi connectivity index (χ3n) is 6.86. The molecular formula is C33H39NO11. The Kier molecular flexibility index (Phi) is 14.0. The van der Waals surface area contributed by atoms with E-state index in [2.05, 4.69) is 0 Å². The van der Waals surface area contributed by atoms with Crippen LogP contribution in [0.2, 0.25) is 0 Å². The molecule has 0 saturated carbocycles. The molecular weight excluding hydrogens is 586 g/mol. The van der Waals surface area contributed by atoms with Crippen molar-refractivity contribution in [3.05, 3.63) is 77.4 Å². The van der Waals surface area contributed by atoms with Gasteiger partial charge in [-0.2, -0.15) is 0 Å². The number of allylic oxidation sites excluding steroid dienone is 1. The molecule has 0 spiro atoms. The molecule has 1 aliphatic heterocycles. The van der Waals surface area contributed by atoms with Crippen LogP contribution in [0.4, 0.5) is 4.79 Å². The number of ketones is 2. The normalized spacial score (nSPS) is 16.2. The average molecular weight is 626 g/mol. The van der Waals surface area contributed by atoms with Crippen molar-refractivity contribution in [2.24, 2.45) is 0 Å². The summed E-state index contributed by atoms with van der Waals surface area (Å²) in [7, 11) is 1.15. The second-order valence-corrected chi connectivity index (χ2v) is 10.2. The lowest BCUT2D eigenvalue weighted by molar-refractivity contribution is -0.166. The minimum absolute atomic E-state index is 0.0355. The molecule has 0 unspecified atom stereocenters. The number of nitrogens with zero attached hydrogens (tertiary/aromatic N) is 1. The molecule has 242 valence electrons. The summed E-state index contributed by atoms with van der Waals surface area (Å²) in [5.74, 6) is -3.06. The summed E-state index contributed by atoms with van der Waals surface area (Å²) < 4.78 is 26.4. The molecule has 0 bridgehead atoms.